The second-order valence-electron chi connectivity index (χ2n) is 9.38. The van der Waals surface area contributed by atoms with Crippen molar-refractivity contribution < 1.29 is 9.59 Å². The molecule has 0 saturated heterocycles. The Morgan fingerprint density at radius 3 is 2.24 bits per heavy atom. The molecule has 0 aliphatic carbocycles. The number of rotatable bonds is 6. The van der Waals surface area contributed by atoms with Gasteiger partial charge >= 0.3 is 0 Å². The third-order valence-corrected chi connectivity index (χ3v) is 5.71. The van der Waals surface area contributed by atoms with Crippen molar-refractivity contribution in [2.75, 3.05) is 0 Å². The van der Waals surface area contributed by atoms with Gasteiger partial charge in [0.2, 0.25) is 5.91 Å². The average Bonchev–Trinajstić information content (AvgIpc) is 3.23. The molecule has 0 radical (unpaired) electrons. The summed E-state index contributed by atoms with van der Waals surface area (Å²) in [5, 5.41) is 4.56. The topological polar surface area (TPSA) is 65.2 Å². The highest BCUT2D eigenvalue weighted by Crippen LogP contribution is 2.28. The monoisotopic (exact) mass is 473 g/mol. The first kappa shape index (κ1) is 23.6. The molecule has 0 aliphatic heterocycles. The van der Waals surface area contributed by atoms with Crippen molar-refractivity contribution in [1.29, 1.82) is 0 Å². The van der Waals surface area contributed by atoms with Gasteiger partial charge in [-0.2, -0.15) is 0 Å². The number of nitrogens with one attached hydrogen (secondary N) is 2. The molecule has 6 heteroatoms. The number of carbonyl (C=O) groups is 2. The van der Waals surface area contributed by atoms with Gasteiger partial charge in [0.15, 0.2) is 0 Å². The van der Waals surface area contributed by atoms with E-state index < -0.39 is 11.6 Å². The maximum absolute atomic E-state index is 14.0. The summed E-state index contributed by atoms with van der Waals surface area (Å²) in [7, 11) is 0. The molecular formula is C28H28ClN3O2. The lowest BCUT2D eigenvalue weighted by atomic mass is 10.0. The van der Waals surface area contributed by atoms with Crippen LogP contribution in [0.4, 0.5) is 0 Å². The summed E-state index contributed by atoms with van der Waals surface area (Å²) in [5.41, 5.74) is 2.44. The Balaban J connectivity index is 1.82. The van der Waals surface area contributed by atoms with Crippen LogP contribution in [0, 0.1) is 0 Å². The molecule has 0 spiro atoms. The van der Waals surface area contributed by atoms with Crippen LogP contribution in [0.1, 0.15) is 48.4 Å². The minimum absolute atomic E-state index is 0.254. The Bertz CT molecular complexity index is 1260. The van der Waals surface area contributed by atoms with Gasteiger partial charge in [-0.15, -0.1) is 0 Å². The highest BCUT2D eigenvalue weighted by molar-refractivity contribution is 6.30. The van der Waals surface area contributed by atoms with Gasteiger partial charge in [0, 0.05) is 28.0 Å². The van der Waals surface area contributed by atoms with Gasteiger partial charge in [-0.05, 0) is 56.2 Å². The molecule has 0 saturated carbocycles. The third kappa shape index (κ3) is 5.49. The summed E-state index contributed by atoms with van der Waals surface area (Å²) in [6, 6.07) is 25.5. The van der Waals surface area contributed by atoms with E-state index in [9.17, 15) is 9.59 Å². The van der Waals surface area contributed by atoms with E-state index in [1.165, 1.54) is 0 Å². The first-order valence-electron chi connectivity index (χ1n) is 11.2. The Hall–Kier alpha value is -3.57. The van der Waals surface area contributed by atoms with Gasteiger partial charge < -0.3 is 15.2 Å². The fourth-order valence-electron chi connectivity index (χ4n) is 3.96. The first-order chi connectivity index (χ1) is 16.2. The van der Waals surface area contributed by atoms with Gasteiger partial charge in [-0.1, -0.05) is 72.3 Å². The number of hydrogen-bond donors (Lipinski definition) is 2. The van der Waals surface area contributed by atoms with E-state index in [-0.39, 0.29) is 18.4 Å². The SMILES string of the molecule is CC(C)(C)NC(=O)C(c1ccc(Cl)cc1)N(Cc1ccccc1)C(=O)c1cc2ccccc2[nH]1. The van der Waals surface area contributed by atoms with Crippen LogP contribution in [-0.2, 0) is 11.3 Å². The van der Waals surface area contributed by atoms with Crippen LogP contribution in [0.5, 0.6) is 0 Å². The number of hydrogen-bond acceptors (Lipinski definition) is 2. The van der Waals surface area contributed by atoms with Crippen LogP contribution >= 0.6 is 11.6 Å². The average molecular weight is 474 g/mol. The zero-order valence-electron chi connectivity index (χ0n) is 19.5. The Morgan fingerprint density at radius 2 is 1.59 bits per heavy atom. The van der Waals surface area contributed by atoms with Crippen LogP contribution in [0.15, 0.2) is 84.9 Å². The van der Waals surface area contributed by atoms with E-state index in [1.807, 2.05) is 81.4 Å². The van der Waals surface area contributed by atoms with E-state index in [4.69, 9.17) is 11.6 Å². The number of amides is 2. The molecule has 1 aromatic heterocycles. The number of aromatic amines is 1. The summed E-state index contributed by atoms with van der Waals surface area (Å²) in [6.07, 6.45) is 0. The fraction of sp³-hybridized carbons (Fsp3) is 0.214. The van der Waals surface area contributed by atoms with E-state index in [0.717, 1.165) is 16.5 Å². The maximum atomic E-state index is 14.0. The second-order valence-corrected chi connectivity index (χ2v) is 9.82. The number of aromatic nitrogens is 1. The standard InChI is InChI=1S/C28H28ClN3O2/c1-28(2,3)31-26(33)25(20-13-15-22(29)16-14-20)32(18-19-9-5-4-6-10-19)27(34)24-17-21-11-7-8-12-23(21)30-24/h4-17,25,30H,18H2,1-3H3,(H,31,33). The van der Waals surface area contributed by atoms with Crippen molar-refractivity contribution in [3.05, 3.63) is 107 Å². The van der Waals surface area contributed by atoms with Crippen LogP contribution in [0.3, 0.4) is 0 Å². The molecule has 1 unspecified atom stereocenters. The predicted octanol–water partition coefficient (Wildman–Crippen LogP) is 6.12. The van der Waals surface area contributed by atoms with Gasteiger partial charge in [0.1, 0.15) is 11.7 Å². The number of fused-ring (bicyclic) bond motifs is 1. The second kappa shape index (κ2) is 9.74. The lowest BCUT2D eigenvalue weighted by Gasteiger charge is -2.33. The molecule has 4 aromatic rings. The zero-order valence-corrected chi connectivity index (χ0v) is 20.3. The molecule has 0 aliphatic rings. The van der Waals surface area contributed by atoms with Gasteiger partial charge in [0.05, 0.1) is 0 Å². The number of nitrogens with zero attached hydrogens (tertiary/aromatic N) is 1. The normalized spacial score (nSPS) is 12.4. The third-order valence-electron chi connectivity index (χ3n) is 5.46. The van der Waals surface area contributed by atoms with Crippen LogP contribution in [0.25, 0.3) is 10.9 Å². The van der Waals surface area contributed by atoms with Gasteiger partial charge in [-0.3, -0.25) is 9.59 Å². The van der Waals surface area contributed by atoms with Gasteiger partial charge in [0.25, 0.3) is 5.91 Å². The molecule has 34 heavy (non-hydrogen) atoms. The van der Waals surface area contributed by atoms with Gasteiger partial charge in [-0.25, -0.2) is 0 Å². The lowest BCUT2D eigenvalue weighted by Crippen LogP contribution is -2.49. The minimum Gasteiger partial charge on any atom is -0.351 e. The molecule has 174 valence electrons. The molecule has 0 bridgehead atoms. The van der Waals surface area contributed by atoms with Crippen LogP contribution in [0.2, 0.25) is 5.02 Å². The quantitative estimate of drug-likeness (QED) is 0.354. The molecule has 2 N–H and O–H groups in total. The summed E-state index contributed by atoms with van der Waals surface area (Å²) in [6.45, 7) is 6.03. The first-order valence-corrected chi connectivity index (χ1v) is 11.6. The number of carbonyl (C=O) groups excluding carboxylic acids is 2. The van der Waals surface area contributed by atoms with Crippen LogP contribution in [-0.4, -0.2) is 27.2 Å². The molecule has 1 atom stereocenters. The van der Waals surface area contributed by atoms with Crippen molar-refractivity contribution in [3.8, 4) is 0 Å². The Kier molecular flexibility index (Phi) is 6.75. The largest absolute Gasteiger partial charge is 0.351 e. The smallest absolute Gasteiger partial charge is 0.271 e. The summed E-state index contributed by atoms with van der Waals surface area (Å²) in [4.78, 5) is 32.4. The highest BCUT2D eigenvalue weighted by atomic mass is 35.5. The Labute approximate surface area is 204 Å². The van der Waals surface area contributed by atoms with E-state index in [1.54, 1.807) is 29.2 Å². The number of H-pyrrole nitrogens is 1. The van der Waals surface area contributed by atoms with E-state index >= 15 is 0 Å². The highest BCUT2D eigenvalue weighted by Gasteiger charge is 2.34. The summed E-state index contributed by atoms with van der Waals surface area (Å²) >= 11 is 6.13. The van der Waals surface area contributed by atoms with Crippen molar-refractivity contribution in [1.82, 2.24) is 15.2 Å². The summed E-state index contributed by atoms with van der Waals surface area (Å²) < 4.78 is 0. The maximum Gasteiger partial charge on any atom is 0.271 e. The minimum atomic E-state index is -0.851. The molecule has 1 heterocycles. The zero-order chi connectivity index (χ0) is 24.3. The van der Waals surface area contributed by atoms with Crippen molar-refractivity contribution in [2.45, 2.75) is 38.9 Å². The molecule has 3 aromatic carbocycles. The Morgan fingerprint density at radius 1 is 0.941 bits per heavy atom. The van der Waals surface area contributed by atoms with Crippen molar-refractivity contribution in [3.63, 3.8) is 0 Å². The number of benzene rings is 3. The van der Waals surface area contributed by atoms with Crippen molar-refractivity contribution in [2.24, 2.45) is 0 Å². The number of halogens is 1. The lowest BCUT2D eigenvalue weighted by molar-refractivity contribution is -0.127. The molecule has 2 amide bonds. The van der Waals surface area contributed by atoms with Crippen LogP contribution < -0.4 is 5.32 Å². The van der Waals surface area contributed by atoms with Crippen molar-refractivity contribution >= 4 is 34.3 Å². The molecular weight excluding hydrogens is 446 g/mol. The number of para-hydroxylation sites is 1. The molecule has 5 nitrogen and oxygen atoms in total. The van der Waals surface area contributed by atoms with E-state index in [0.29, 0.717) is 16.3 Å². The molecule has 4 rings (SSSR count). The predicted molar refractivity (Wildman–Crippen MR) is 137 cm³/mol. The van der Waals surface area contributed by atoms with E-state index in [2.05, 4.69) is 10.3 Å². The molecule has 0 fully saturated rings. The summed E-state index contributed by atoms with van der Waals surface area (Å²) in [5.74, 6) is -0.515. The fourth-order valence-corrected chi connectivity index (χ4v) is 4.09.